The van der Waals surface area contributed by atoms with Crippen molar-refractivity contribution in [2.24, 2.45) is 11.8 Å². The van der Waals surface area contributed by atoms with E-state index in [1.807, 2.05) is 0 Å². The van der Waals surface area contributed by atoms with Crippen LogP contribution >= 0.6 is 12.4 Å². The van der Waals surface area contributed by atoms with E-state index in [4.69, 9.17) is 0 Å². The third kappa shape index (κ3) is 4.93. The van der Waals surface area contributed by atoms with Crippen LogP contribution in [0, 0.1) is 11.8 Å². The molecule has 2 rings (SSSR count). The first-order chi connectivity index (χ1) is 8.66. The minimum absolute atomic E-state index is 0. The summed E-state index contributed by atoms with van der Waals surface area (Å²) in [6.45, 7) is 9.58. The molecule has 4 nitrogen and oxygen atoms in total. The van der Waals surface area contributed by atoms with Crippen molar-refractivity contribution in [2.75, 3.05) is 32.7 Å². The molecule has 2 aliphatic rings. The van der Waals surface area contributed by atoms with E-state index in [-0.39, 0.29) is 24.4 Å². The summed E-state index contributed by atoms with van der Waals surface area (Å²) < 4.78 is 0. The number of piperidine rings is 1. The summed E-state index contributed by atoms with van der Waals surface area (Å²) in [5.74, 6) is 1.53. The largest absolute Gasteiger partial charge is 0.353 e. The number of nitrogens with zero attached hydrogens (tertiary/aromatic N) is 1. The monoisotopic (exact) mass is 289 g/mol. The normalized spacial score (nSPS) is 28.9. The lowest BCUT2D eigenvalue weighted by atomic mass is 9.95. The van der Waals surface area contributed by atoms with E-state index in [9.17, 15) is 4.79 Å². The first-order valence-electron chi connectivity index (χ1n) is 7.39. The van der Waals surface area contributed by atoms with Gasteiger partial charge in [-0.3, -0.25) is 9.69 Å². The van der Waals surface area contributed by atoms with Gasteiger partial charge in [0.15, 0.2) is 0 Å². The van der Waals surface area contributed by atoms with Crippen LogP contribution in [0.3, 0.4) is 0 Å². The molecule has 2 unspecified atom stereocenters. The van der Waals surface area contributed by atoms with E-state index in [2.05, 4.69) is 29.4 Å². The molecule has 2 heterocycles. The van der Waals surface area contributed by atoms with E-state index in [1.54, 1.807) is 0 Å². The van der Waals surface area contributed by atoms with Gasteiger partial charge in [-0.1, -0.05) is 13.8 Å². The van der Waals surface area contributed by atoms with Crippen LogP contribution in [-0.4, -0.2) is 49.6 Å². The van der Waals surface area contributed by atoms with Gasteiger partial charge in [-0.25, -0.2) is 0 Å². The Labute approximate surface area is 123 Å². The van der Waals surface area contributed by atoms with Gasteiger partial charge in [0.1, 0.15) is 0 Å². The van der Waals surface area contributed by atoms with Crippen LogP contribution < -0.4 is 10.6 Å². The van der Waals surface area contributed by atoms with Crippen molar-refractivity contribution in [3.63, 3.8) is 0 Å². The molecule has 2 atom stereocenters. The Hall–Kier alpha value is -0.320. The first kappa shape index (κ1) is 16.7. The maximum absolute atomic E-state index is 12.0. The molecule has 2 fully saturated rings. The summed E-state index contributed by atoms with van der Waals surface area (Å²) in [6, 6.07) is 0.0978. The van der Waals surface area contributed by atoms with Crippen LogP contribution in [0.15, 0.2) is 0 Å². The molecule has 0 aliphatic carbocycles. The van der Waals surface area contributed by atoms with Crippen LogP contribution in [0.2, 0.25) is 0 Å². The minimum atomic E-state index is 0. The molecule has 19 heavy (non-hydrogen) atoms. The van der Waals surface area contributed by atoms with Gasteiger partial charge in [0.05, 0.1) is 6.04 Å². The minimum Gasteiger partial charge on any atom is -0.353 e. The van der Waals surface area contributed by atoms with Crippen molar-refractivity contribution < 1.29 is 4.79 Å². The Bertz CT molecular complexity index is 280. The molecular formula is C14H28ClN3O. The second-order valence-corrected chi connectivity index (χ2v) is 6.14. The molecule has 0 bridgehead atoms. The summed E-state index contributed by atoms with van der Waals surface area (Å²) in [7, 11) is 0. The molecule has 1 amide bonds. The summed E-state index contributed by atoms with van der Waals surface area (Å²) in [5.41, 5.74) is 0. The number of halogens is 1. The number of carbonyl (C=O) groups excluding carboxylic acids is 1. The fraction of sp³-hybridized carbons (Fsp3) is 0.929. The van der Waals surface area contributed by atoms with E-state index in [1.165, 1.54) is 12.8 Å². The van der Waals surface area contributed by atoms with Gasteiger partial charge >= 0.3 is 0 Å². The predicted octanol–water partition coefficient (Wildman–Crippen LogP) is 1.25. The molecule has 0 aromatic rings. The van der Waals surface area contributed by atoms with Crippen LogP contribution in [-0.2, 0) is 4.79 Å². The topological polar surface area (TPSA) is 44.4 Å². The molecule has 0 aromatic carbocycles. The number of piperazine rings is 1. The number of nitrogens with one attached hydrogen (secondary N) is 2. The molecule has 0 spiro atoms. The second-order valence-electron chi connectivity index (χ2n) is 6.14. The van der Waals surface area contributed by atoms with Gasteiger partial charge in [-0.2, -0.15) is 0 Å². The van der Waals surface area contributed by atoms with E-state index in [0.717, 1.165) is 45.1 Å². The Morgan fingerprint density at radius 1 is 1.37 bits per heavy atom. The molecule has 0 saturated carbocycles. The van der Waals surface area contributed by atoms with Crippen molar-refractivity contribution in [2.45, 2.75) is 39.2 Å². The van der Waals surface area contributed by atoms with E-state index < -0.39 is 0 Å². The average Bonchev–Trinajstić information content (AvgIpc) is 2.34. The van der Waals surface area contributed by atoms with E-state index in [0.29, 0.717) is 5.92 Å². The van der Waals surface area contributed by atoms with Gasteiger partial charge in [0.2, 0.25) is 5.91 Å². The third-order valence-electron chi connectivity index (χ3n) is 4.03. The Morgan fingerprint density at radius 2 is 2.16 bits per heavy atom. The molecule has 2 saturated heterocycles. The van der Waals surface area contributed by atoms with Gasteiger partial charge in [0, 0.05) is 19.6 Å². The smallest absolute Gasteiger partial charge is 0.237 e. The van der Waals surface area contributed by atoms with Gasteiger partial charge in [-0.15, -0.1) is 12.4 Å². The van der Waals surface area contributed by atoms with Crippen molar-refractivity contribution in [1.82, 2.24) is 15.5 Å². The molecule has 112 valence electrons. The lowest BCUT2D eigenvalue weighted by molar-refractivity contribution is -0.130. The van der Waals surface area contributed by atoms with Crippen molar-refractivity contribution in [1.29, 1.82) is 0 Å². The summed E-state index contributed by atoms with van der Waals surface area (Å²) >= 11 is 0. The zero-order valence-electron chi connectivity index (χ0n) is 12.2. The summed E-state index contributed by atoms with van der Waals surface area (Å²) in [4.78, 5) is 14.4. The molecule has 0 radical (unpaired) electrons. The predicted molar refractivity (Wildman–Crippen MR) is 80.7 cm³/mol. The van der Waals surface area contributed by atoms with Gasteiger partial charge in [0.25, 0.3) is 0 Å². The fourth-order valence-corrected chi connectivity index (χ4v) is 3.09. The van der Waals surface area contributed by atoms with Crippen LogP contribution in [0.25, 0.3) is 0 Å². The zero-order valence-corrected chi connectivity index (χ0v) is 13.0. The Kier molecular flexibility index (Phi) is 7.11. The molecule has 5 heteroatoms. The van der Waals surface area contributed by atoms with Crippen molar-refractivity contribution in [3.05, 3.63) is 0 Å². The average molecular weight is 290 g/mol. The Morgan fingerprint density at radius 3 is 2.79 bits per heavy atom. The number of hydrogen-bond acceptors (Lipinski definition) is 3. The Balaban J connectivity index is 0.00000180. The highest BCUT2D eigenvalue weighted by molar-refractivity contribution is 5.85. The standard InChI is InChI=1S/C14H27N3O.ClH/c1-11(2)8-13-14(18)16-6-7-17(13)10-12-4-3-5-15-9-12;/h11-13,15H,3-10H2,1-2H3,(H,16,18);1H. The summed E-state index contributed by atoms with van der Waals surface area (Å²) in [6.07, 6.45) is 3.56. The van der Waals surface area contributed by atoms with Crippen molar-refractivity contribution in [3.8, 4) is 0 Å². The molecule has 2 N–H and O–H groups in total. The van der Waals surface area contributed by atoms with Crippen LogP contribution in [0.1, 0.15) is 33.1 Å². The number of rotatable bonds is 4. The second kappa shape index (κ2) is 8.08. The zero-order chi connectivity index (χ0) is 13.0. The van der Waals surface area contributed by atoms with Crippen LogP contribution in [0.4, 0.5) is 0 Å². The number of carbonyl (C=O) groups is 1. The van der Waals surface area contributed by atoms with Crippen molar-refractivity contribution >= 4 is 18.3 Å². The highest BCUT2D eigenvalue weighted by atomic mass is 35.5. The quantitative estimate of drug-likeness (QED) is 0.819. The highest BCUT2D eigenvalue weighted by Crippen LogP contribution is 2.19. The van der Waals surface area contributed by atoms with Gasteiger partial charge in [-0.05, 0) is 44.2 Å². The number of hydrogen-bond donors (Lipinski definition) is 2. The highest BCUT2D eigenvalue weighted by Gasteiger charge is 2.31. The van der Waals surface area contributed by atoms with Crippen LogP contribution in [0.5, 0.6) is 0 Å². The van der Waals surface area contributed by atoms with Gasteiger partial charge < -0.3 is 10.6 Å². The molecular weight excluding hydrogens is 262 g/mol. The van der Waals surface area contributed by atoms with E-state index >= 15 is 0 Å². The molecule has 0 aromatic heterocycles. The lowest BCUT2D eigenvalue weighted by Crippen LogP contribution is -2.57. The SMILES string of the molecule is CC(C)CC1C(=O)NCCN1CC1CCCNC1.Cl. The molecule has 2 aliphatic heterocycles. The summed E-state index contributed by atoms with van der Waals surface area (Å²) in [5, 5.41) is 6.47. The first-order valence-corrected chi connectivity index (χ1v) is 7.39. The lowest BCUT2D eigenvalue weighted by Gasteiger charge is -2.38. The fourth-order valence-electron chi connectivity index (χ4n) is 3.09. The number of amides is 1. The maximum Gasteiger partial charge on any atom is 0.237 e. The third-order valence-corrected chi connectivity index (χ3v) is 4.03. The maximum atomic E-state index is 12.0.